The standard InChI is InChI=1S/C11H12ClF3N2O2S.ClH/c12-9-5-7(11(13,14)15)1-2-10(9)20(18,19)17-8-3-4-16-6-8;/h1-2,5,8,16-17H,3-4,6H2;1H. The van der Waals surface area contributed by atoms with Gasteiger partial charge < -0.3 is 5.32 Å². The third kappa shape index (κ3) is 4.46. The highest BCUT2D eigenvalue weighted by Crippen LogP contribution is 2.33. The van der Waals surface area contributed by atoms with E-state index in [4.69, 9.17) is 11.6 Å². The van der Waals surface area contributed by atoms with E-state index >= 15 is 0 Å². The fourth-order valence-electron chi connectivity index (χ4n) is 1.93. The van der Waals surface area contributed by atoms with Gasteiger partial charge in [-0.1, -0.05) is 11.6 Å². The maximum absolute atomic E-state index is 12.5. The first-order valence-electron chi connectivity index (χ1n) is 5.80. The van der Waals surface area contributed by atoms with Gasteiger partial charge in [0.2, 0.25) is 10.0 Å². The van der Waals surface area contributed by atoms with Gasteiger partial charge in [0.15, 0.2) is 0 Å². The molecular weight excluding hydrogens is 352 g/mol. The number of hydrogen-bond acceptors (Lipinski definition) is 3. The van der Waals surface area contributed by atoms with Gasteiger partial charge in [-0.05, 0) is 31.2 Å². The first kappa shape index (κ1) is 18.5. The highest BCUT2D eigenvalue weighted by Gasteiger charge is 2.32. The lowest BCUT2D eigenvalue weighted by Crippen LogP contribution is -2.36. The normalized spacial score (nSPS) is 19.3. The molecule has 1 fully saturated rings. The number of sulfonamides is 1. The largest absolute Gasteiger partial charge is 0.416 e. The third-order valence-electron chi connectivity index (χ3n) is 2.93. The summed E-state index contributed by atoms with van der Waals surface area (Å²) in [6, 6.07) is 1.91. The first-order chi connectivity index (χ1) is 9.20. The van der Waals surface area contributed by atoms with Crippen molar-refractivity contribution >= 4 is 34.0 Å². The fraction of sp³-hybridized carbons (Fsp3) is 0.455. The summed E-state index contributed by atoms with van der Waals surface area (Å²) in [5.41, 5.74) is -0.982. The van der Waals surface area contributed by atoms with Crippen LogP contribution < -0.4 is 10.0 Å². The molecule has 1 aromatic carbocycles. The predicted octanol–water partition coefficient (Wildman–Crippen LogP) is 2.42. The van der Waals surface area contributed by atoms with E-state index in [1.54, 1.807) is 0 Å². The lowest BCUT2D eigenvalue weighted by Gasteiger charge is -2.14. The molecule has 21 heavy (non-hydrogen) atoms. The molecule has 1 heterocycles. The molecule has 0 aromatic heterocycles. The molecule has 0 radical (unpaired) electrons. The lowest BCUT2D eigenvalue weighted by atomic mass is 10.2. The van der Waals surface area contributed by atoms with Crippen LogP contribution in [0.2, 0.25) is 5.02 Å². The van der Waals surface area contributed by atoms with E-state index < -0.39 is 26.8 Å². The molecule has 2 rings (SSSR count). The average molecular weight is 365 g/mol. The van der Waals surface area contributed by atoms with Crippen LogP contribution in [0.25, 0.3) is 0 Å². The van der Waals surface area contributed by atoms with Crippen LogP contribution in [-0.4, -0.2) is 27.5 Å². The minimum atomic E-state index is -4.56. The van der Waals surface area contributed by atoms with Crippen LogP contribution in [0.3, 0.4) is 0 Å². The highest BCUT2D eigenvalue weighted by atomic mass is 35.5. The van der Waals surface area contributed by atoms with E-state index in [1.165, 1.54) is 0 Å². The number of hydrogen-bond donors (Lipinski definition) is 2. The van der Waals surface area contributed by atoms with Gasteiger partial charge in [0.05, 0.1) is 10.6 Å². The average Bonchev–Trinajstić information content (AvgIpc) is 2.79. The van der Waals surface area contributed by atoms with Crippen molar-refractivity contribution in [3.8, 4) is 0 Å². The molecule has 0 saturated carbocycles. The molecule has 1 aromatic rings. The maximum Gasteiger partial charge on any atom is 0.416 e. The van der Waals surface area contributed by atoms with Crippen molar-refractivity contribution < 1.29 is 21.6 Å². The Balaban J connectivity index is 0.00000220. The minimum absolute atomic E-state index is 0. The van der Waals surface area contributed by atoms with Crippen LogP contribution in [0.1, 0.15) is 12.0 Å². The van der Waals surface area contributed by atoms with E-state index in [2.05, 4.69) is 10.0 Å². The second kappa shape index (κ2) is 6.70. The lowest BCUT2D eigenvalue weighted by molar-refractivity contribution is -0.137. The second-order valence-corrected chi connectivity index (χ2v) is 6.54. The number of halogens is 5. The maximum atomic E-state index is 12.5. The van der Waals surface area contributed by atoms with E-state index in [0.717, 1.165) is 6.07 Å². The zero-order valence-corrected chi connectivity index (χ0v) is 13.0. The zero-order valence-electron chi connectivity index (χ0n) is 10.6. The van der Waals surface area contributed by atoms with Crippen molar-refractivity contribution in [2.24, 2.45) is 0 Å². The predicted molar refractivity (Wildman–Crippen MR) is 75.3 cm³/mol. The number of rotatable bonds is 3. The minimum Gasteiger partial charge on any atom is -0.315 e. The zero-order chi connectivity index (χ0) is 15.0. The molecule has 0 amide bonds. The molecule has 1 atom stereocenters. The van der Waals surface area contributed by atoms with E-state index in [9.17, 15) is 21.6 Å². The molecular formula is C11H13Cl2F3N2O2S. The molecule has 0 bridgehead atoms. The summed E-state index contributed by atoms with van der Waals surface area (Å²) >= 11 is 5.67. The Morgan fingerprint density at radius 2 is 2.00 bits per heavy atom. The van der Waals surface area contributed by atoms with Gasteiger partial charge in [-0.2, -0.15) is 13.2 Å². The van der Waals surface area contributed by atoms with Gasteiger partial charge in [0.25, 0.3) is 0 Å². The van der Waals surface area contributed by atoms with Crippen molar-refractivity contribution in [1.82, 2.24) is 10.0 Å². The molecule has 1 aliphatic rings. The Kier molecular flexibility index (Phi) is 5.91. The van der Waals surface area contributed by atoms with Crippen LogP contribution in [-0.2, 0) is 16.2 Å². The number of nitrogens with one attached hydrogen (secondary N) is 2. The summed E-state index contributed by atoms with van der Waals surface area (Å²) in [6.45, 7) is 1.17. The van der Waals surface area contributed by atoms with E-state index in [0.29, 0.717) is 31.6 Å². The second-order valence-electron chi connectivity index (χ2n) is 4.45. The van der Waals surface area contributed by atoms with Gasteiger partial charge in [0.1, 0.15) is 4.90 Å². The monoisotopic (exact) mass is 364 g/mol. The summed E-state index contributed by atoms with van der Waals surface area (Å²) in [5.74, 6) is 0. The summed E-state index contributed by atoms with van der Waals surface area (Å²) in [4.78, 5) is -0.348. The van der Waals surface area contributed by atoms with Crippen LogP contribution in [0.5, 0.6) is 0 Å². The van der Waals surface area contributed by atoms with E-state index in [-0.39, 0.29) is 23.3 Å². The van der Waals surface area contributed by atoms with Gasteiger partial charge in [-0.3, -0.25) is 0 Å². The highest BCUT2D eigenvalue weighted by molar-refractivity contribution is 7.89. The molecule has 4 nitrogen and oxygen atoms in total. The van der Waals surface area contributed by atoms with Crippen molar-refractivity contribution in [2.75, 3.05) is 13.1 Å². The summed E-state index contributed by atoms with van der Waals surface area (Å²) < 4.78 is 64.0. The molecule has 10 heteroatoms. The van der Waals surface area contributed by atoms with Crippen molar-refractivity contribution in [1.29, 1.82) is 0 Å². The van der Waals surface area contributed by atoms with Gasteiger partial charge in [0, 0.05) is 12.6 Å². The van der Waals surface area contributed by atoms with Crippen LogP contribution in [0.15, 0.2) is 23.1 Å². The Hall–Kier alpha value is -0.540. The topological polar surface area (TPSA) is 58.2 Å². The molecule has 2 N–H and O–H groups in total. The fourth-order valence-corrected chi connectivity index (χ4v) is 3.75. The molecule has 0 spiro atoms. The summed E-state index contributed by atoms with van der Waals surface area (Å²) in [7, 11) is -3.93. The quantitative estimate of drug-likeness (QED) is 0.865. The van der Waals surface area contributed by atoms with Gasteiger partial charge in [-0.25, -0.2) is 13.1 Å². The Bertz CT molecular complexity index is 602. The van der Waals surface area contributed by atoms with Gasteiger partial charge >= 0.3 is 6.18 Å². The van der Waals surface area contributed by atoms with E-state index in [1.807, 2.05) is 0 Å². The van der Waals surface area contributed by atoms with Crippen LogP contribution in [0.4, 0.5) is 13.2 Å². The molecule has 0 aliphatic carbocycles. The third-order valence-corrected chi connectivity index (χ3v) is 4.93. The Morgan fingerprint density at radius 3 is 2.48 bits per heavy atom. The van der Waals surface area contributed by atoms with Crippen molar-refractivity contribution in [3.63, 3.8) is 0 Å². The number of alkyl halides is 3. The van der Waals surface area contributed by atoms with Crippen LogP contribution in [0, 0.1) is 0 Å². The molecule has 1 unspecified atom stereocenters. The van der Waals surface area contributed by atoms with Crippen LogP contribution >= 0.6 is 24.0 Å². The summed E-state index contributed by atoms with van der Waals surface area (Å²) in [6.07, 6.45) is -3.94. The molecule has 120 valence electrons. The first-order valence-corrected chi connectivity index (χ1v) is 7.66. The number of benzene rings is 1. The van der Waals surface area contributed by atoms with Gasteiger partial charge in [-0.15, -0.1) is 12.4 Å². The smallest absolute Gasteiger partial charge is 0.315 e. The SMILES string of the molecule is Cl.O=S(=O)(NC1CCNC1)c1ccc(C(F)(F)F)cc1Cl. The van der Waals surface area contributed by atoms with Crippen molar-refractivity contribution in [3.05, 3.63) is 28.8 Å². The molecule has 1 saturated heterocycles. The Labute approximate surface area is 131 Å². The van der Waals surface area contributed by atoms with Crippen molar-refractivity contribution in [2.45, 2.75) is 23.5 Å². The summed E-state index contributed by atoms with van der Waals surface area (Å²) in [5, 5.41) is 2.54. The molecule has 1 aliphatic heterocycles. The Morgan fingerprint density at radius 1 is 1.33 bits per heavy atom.